The summed E-state index contributed by atoms with van der Waals surface area (Å²) in [6, 6.07) is 11.7. The number of rotatable bonds is 4. The second kappa shape index (κ2) is 8.34. The molecule has 1 atom stereocenters. The maximum atomic E-state index is 13.2. The van der Waals surface area contributed by atoms with Gasteiger partial charge >= 0.3 is 6.03 Å². The molecule has 0 bridgehead atoms. The Bertz CT molecular complexity index is 953. The summed E-state index contributed by atoms with van der Waals surface area (Å²) in [7, 11) is 3.59. The number of benzene rings is 1. The smallest absolute Gasteiger partial charge is 0.318 e. The summed E-state index contributed by atoms with van der Waals surface area (Å²) in [5, 5.41) is 9.09. The number of carbonyl (C=O) groups is 2. The van der Waals surface area contributed by atoms with E-state index in [1.807, 2.05) is 81.9 Å². The van der Waals surface area contributed by atoms with Gasteiger partial charge in [0.1, 0.15) is 6.54 Å². The number of carbonyl (C=O) groups excluding carboxylic acids is 2. The van der Waals surface area contributed by atoms with Crippen LogP contribution in [0.15, 0.2) is 47.7 Å². The van der Waals surface area contributed by atoms with E-state index in [-0.39, 0.29) is 30.1 Å². The molecule has 0 spiro atoms. The Balaban J connectivity index is 1.84. The molecule has 0 saturated carbocycles. The van der Waals surface area contributed by atoms with Crippen LogP contribution in [0, 0.1) is 6.92 Å². The van der Waals surface area contributed by atoms with Gasteiger partial charge in [-0.25, -0.2) is 9.80 Å². The molecule has 7 nitrogen and oxygen atoms in total. The Kier molecular flexibility index (Phi) is 6.01. The molecule has 0 aliphatic carbocycles. The first-order chi connectivity index (χ1) is 14.0. The third-order valence-electron chi connectivity index (χ3n) is 5.07. The number of amides is 3. The quantitative estimate of drug-likeness (QED) is 0.840. The predicted octanol–water partition coefficient (Wildman–Crippen LogP) is 3.45. The van der Waals surface area contributed by atoms with Crippen LogP contribution in [-0.2, 0) is 11.8 Å². The fourth-order valence-electron chi connectivity index (χ4n) is 3.47. The average molecular weight is 410 g/mol. The Labute approximate surface area is 178 Å². The van der Waals surface area contributed by atoms with Crippen LogP contribution < -0.4 is 5.32 Å². The van der Waals surface area contributed by atoms with Crippen molar-refractivity contribution in [3.05, 3.63) is 59.4 Å². The third-order valence-corrected chi connectivity index (χ3v) is 5.07. The summed E-state index contributed by atoms with van der Waals surface area (Å²) in [6.07, 6.45) is 2.60. The fraction of sp³-hybridized carbons (Fsp3) is 0.435. The number of likely N-dealkylation sites (N-methyl/N-ethyl adjacent to an activating group) is 1. The van der Waals surface area contributed by atoms with Crippen molar-refractivity contribution in [2.75, 3.05) is 13.6 Å². The zero-order chi connectivity index (χ0) is 22.1. The molecular formula is C23H31N5O2. The zero-order valence-electron chi connectivity index (χ0n) is 18.6. The van der Waals surface area contributed by atoms with Crippen LogP contribution in [0.3, 0.4) is 0 Å². The number of hydrogen-bond donors (Lipinski definition) is 1. The number of hydrogen-bond acceptors (Lipinski definition) is 3. The van der Waals surface area contributed by atoms with Crippen molar-refractivity contribution in [2.45, 2.75) is 45.7 Å². The lowest BCUT2D eigenvalue weighted by molar-refractivity contribution is -0.133. The Hall–Kier alpha value is -3.09. The second-order valence-corrected chi connectivity index (χ2v) is 8.96. The van der Waals surface area contributed by atoms with Gasteiger partial charge in [-0.05, 0) is 45.4 Å². The second-order valence-electron chi connectivity index (χ2n) is 8.96. The molecular weight excluding hydrogens is 378 g/mol. The van der Waals surface area contributed by atoms with Crippen LogP contribution >= 0.6 is 0 Å². The van der Waals surface area contributed by atoms with Gasteiger partial charge in [-0.2, -0.15) is 5.10 Å². The van der Waals surface area contributed by atoms with E-state index in [9.17, 15) is 9.59 Å². The van der Waals surface area contributed by atoms with E-state index >= 15 is 0 Å². The standard InChI is InChI=1S/C23H31N5O2/c1-16-9-11-17(12-10-16)20-14-18(19-8-7-13-26(19)5)25-28(20)21(29)15-27(6)22(30)24-23(2,3)4/h7-13,20H,14-15H2,1-6H3,(H,24,30). The highest BCUT2D eigenvalue weighted by atomic mass is 16.2. The van der Waals surface area contributed by atoms with Crippen molar-refractivity contribution in [1.82, 2.24) is 19.8 Å². The summed E-state index contributed by atoms with van der Waals surface area (Å²) < 4.78 is 2.00. The van der Waals surface area contributed by atoms with Gasteiger partial charge < -0.3 is 14.8 Å². The highest BCUT2D eigenvalue weighted by Gasteiger charge is 2.34. The van der Waals surface area contributed by atoms with Crippen molar-refractivity contribution in [1.29, 1.82) is 0 Å². The number of nitrogens with zero attached hydrogens (tertiary/aromatic N) is 4. The van der Waals surface area contributed by atoms with E-state index in [0.29, 0.717) is 6.42 Å². The molecule has 0 radical (unpaired) electrons. The number of urea groups is 1. The highest BCUT2D eigenvalue weighted by molar-refractivity contribution is 6.02. The maximum absolute atomic E-state index is 13.2. The van der Waals surface area contributed by atoms with Crippen LogP contribution in [0.1, 0.15) is 50.1 Å². The van der Waals surface area contributed by atoms with Crippen molar-refractivity contribution in [3.63, 3.8) is 0 Å². The largest absolute Gasteiger partial charge is 0.350 e. The summed E-state index contributed by atoms with van der Waals surface area (Å²) in [5.41, 5.74) is 3.68. The molecule has 1 unspecified atom stereocenters. The van der Waals surface area contributed by atoms with E-state index < -0.39 is 0 Å². The molecule has 0 fully saturated rings. The minimum absolute atomic E-state index is 0.0474. The van der Waals surface area contributed by atoms with Gasteiger partial charge in [-0.1, -0.05) is 29.8 Å². The molecule has 1 aliphatic heterocycles. The first-order valence-corrected chi connectivity index (χ1v) is 10.2. The van der Waals surface area contributed by atoms with E-state index in [1.165, 1.54) is 9.91 Å². The number of hydrazone groups is 1. The van der Waals surface area contributed by atoms with Gasteiger partial charge in [0.2, 0.25) is 0 Å². The maximum Gasteiger partial charge on any atom is 0.318 e. The van der Waals surface area contributed by atoms with Gasteiger partial charge in [0, 0.05) is 32.3 Å². The Morgan fingerprint density at radius 3 is 2.43 bits per heavy atom. The van der Waals surface area contributed by atoms with Crippen LogP contribution in [0.2, 0.25) is 0 Å². The summed E-state index contributed by atoms with van der Waals surface area (Å²) in [4.78, 5) is 27.0. The van der Waals surface area contributed by atoms with Gasteiger partial charge in [-0.3, -0.25) is 4.79 Å². The average Bonchev–Trinajstić information content (AvgIpc) is 3.27. The van der Waals surface area contributed by atoms with Gasteiger partial charge in [0.15, 0.2) is 0 Å². The lowest BCUT2D eigenvalue weighted by Crippen LogP contribution is -2.49. The molecule has 3 amide bonds. The van der Waals surface area contributed by atoms with Crippen LogP contribution in [0.4, 0.5) is 4.79 Å². The van der Waals surface area contributed by atoms with Crippen molar-refractivity contribution in [3.8, 4) is 0 Å². The molecule has 1 aromatic heterocycles. The van der Waals surface area contributed by atoms with Gasteiger partial charge in [0.25, 0.3) is 5.91 Å². The third kappa shape index (κ3) is 4.90. The van der Waals surface area contributed by atoms with Crippen molar-refractivity contribution in [2.24, 2.45) is 12.1 Å². The van der Waals surface area contributed by atoms with E-state index in [1.54, 1.807) is 7.05 Å². The predicted molar refractivity (Wildman–Crippen MR) is 118 cm³/mol. The minimum Gasteiger partial charge on any atom is -0.350 e. The lowest BCUT2D eigenvalue weighted by atomic mass is 9.99. The number of aromatic nitrogens is 1. The normalized spacial score (nSPS) is 16.4. The Morgan fingerprint density at radius 1 is 1.20 bits per heavy atom. The molecule has 1 N–H and O–H groups in total. The zero-order valence-corrected chi connectivity index (χ0v) is 18.6. The molecule has 1 aliphatic rings. The molecule has 0 saturated heterocycles. The van der Waals surface area contributed by atoms with Gasteiger partial charge in [0.05, 0.1) is 17.4 Å². The number of nitrogens with one attached hydrogen (secondary N) is 1. The molecule has 160 valence electrons. The monoisotopic (exact) mass is 409 g/mol. The Morgan fingerprint density at radius 2 is 1.87 bits per heavy atom. The minimum atomic E-state index is -0.371. The van der Waals surface area contributed by atoms with Crippen molar-refractivity contribution >= 4 is 17.6 Å². The SMILES string of the molecule is Cc1ccc(C2CC(c3cccn3C)=NN2C(=O)CN(C)C(=O)NC(C)(C)C)cc1. The molecule has 7 heteroatoms. The van der Waals surface area contributed by atoms with E-state index in [2.05, 4.69) is 10.4 Å². The lowest BCUT2D eigenvalue weighted by Gasteiger charge is -2.27. The topological polar surface area (TPSA) is 69.9 Å². The molecule has 2 aromatic rings. The molecule has 30 heavy (non-hydrogen) atoms. The summed E-state index contributed by atoms with van der Waals surface area (Å²) in [5.74, 6) is -0.212. The van der Waals surface area contributed by atoms with E-state index in [0.717, 1.165) is 22.5 Å². The number of aryl methyl sites for hydroxylation is 2. The first-order valence-electron chi connectivity index (χ1n) is 10.2. The first kappa shape index (κ1) is 21.6. The molecule has 1 aromatic carbocycles. The van der Waals surface area contributed by atoms with Crippen molar-refractivity contribution < 1.29 is 9.59 Å². The molecule has 2 heterocycles. The van der Waals surface area contributed by atoms with Crippen LogP contribution in [-0.4, -0.2) is 51.3 Å². The highest BCUT2D eigenvalue weighted by Crippen LogP contribution is 2.33. The summed E-state index contributed by atoms with van der Waals surface area (Å²) >= 11 is 0. The molecule has 3 rings (SSSR count). The fourth-order valence-corrected chi connectivity index (χ4v) is 3.47. The van der Waals surface area contributed by atoms with Crippen LogP contribution in [0.5, 0.6) is 0 Å². The van der Waals surface area contributed by atoms with E-state index in [4.69, 9.17) is 0 Å². The van der Waals surface area contributed by atoms with Crippen LogP contribution in [0.25, 0.3) is 0 Å². The van der Waals surface area contributed by atoms with Gasteiger partial charge in [-0.15, -0.1) is 0 Å². The summed E-state index contributed by atoms with van der Waals surface area (Å²) in [6.45, 7) is 7.71.